The van der Waals surface area contributed by atoms with Crippen molar-refractivity contribution in [3.63, 3.8) is 0 Å². The van der Waals surface area contributed by atoms with E-state index >= 15 is 0 Å². The molecule has 0 N–H and O–H groups in total. The molecule has 1 rings (SSSR count). The Labute approximate surface area is 357 Å². The van der Waals surface area contributed by atoms with Crippen LogP contribution in [0.5, 0.6) is 0 Å². The molecule has 0 bridgehead atoms. The maximum absolute atomic E-state index is 12.1. The molecule has 1 saturated carbocycles. The second-order valence-electron chi connectivity index (χ2n) is 19.1. The highest BCUT2D eigenvalue weighted by molar-refractivity contribution is 6.26. The lowest BCUT2D eigenvalue weighted by molar-refractivity contribution is -0.145. The minimum Gasteiger partial charge on any atom is -0.462 e. The summed E-state index contributed by atoms with van der Waals surface area (Å²) in [5, 5.41) is 0. The zero-order valence-electron chi connectivity index (χ0n) is 39.6. The van der Waals surface area contributed by atoms with Crippen LogP contribution >= 0.6 is 0 Å². The van der Waals surface area contributed by atoms with Gasteiger partial charge in [0, 0.05) is 18.3 Å². The lowest BCUT2D eigenvalue weighted by atomic mass is 9.62. The summed E-state index contributed by atoms with van der Waals surface area (Å²) in [5.41, 5.74) is -0.0655. The average molecular weight is 824 g/mol. The maximum Gasteiger partial charge on any atom is 0.302 e. The molecule has 334 valence electrons. The van der Waals surface area contributed by atoms with Crippen LogP contribution in [0.15, 0.2) is 0 Å². The Morgan fingerprint density at radius 1 is 0.554 bits per heavy atom. The number of ether oxygens (including phenoxy) is 1. The lowest BCUT2D eigenvalue weighted by Crippen LogP contribution is -2.47. The van der Waals surface area contributed by atoms with Crippen LogP contribution in [-0.4, -0.2) is 37.9 Å². The second kappa shape index (κ2) is 36.7. The average Bonchev–Trinajstić information content (AvgIpc) is 3.93. The molecule has 0 heterocycles. The van der Waals surface area contributed by atoms with Crippen molar-refractivity contribution in [3.05, 3.63) is 0 Å². The van der Waals surface area contributed by atoms with Gasteiger partial charge in [-0.3, -0.25) is 4.79 Å². The van der Waals surface area contributed by atoms with E-state index in [0.29, 0.717) is 23.7 Å². The molecular weight excluding hydrogens is 721 g/mol. The highest BCUT2D eigenvalue weighted by Gasteiger charge is 2.53. The van der Waals surface area contributed by atoms with Gasteiger partial charge in [-0.15, -0.1) is 0 Å². The molecule has 0 saturated heterocycles. The van der Waals surface area contributed by atoms with Crippen molar-refractivity contribution in [3.8, 4) is 0 Å². The van der Waals surface area contributed by atoms with Crippen LogP contribution in [0.25, 0.3) is 0 Å². The molecule has 1 aliphatic carbocycles. The molecule has 0 spiro atoms. The molecule has 2 unspecified atom stereocenters. The zero-order chi connectivity index (χ0) is 41.1. The van der Waals surface area contributed by atoms with E-state index in [1.54, 1.807) is 6.92 Å². The summed E-state index contributed by atoms with van der Waals surface area (Å²) >= 11 is 0. The fraction of sp³-hybridized carbons (Fsp3) is 0.980. The van der Waals surface area contributed by atoms with E-state index in [-0.39, 0.29) is 23.8 Å². The van der Waals surface area contributed by atoms with Crippen LogP contribution in [0.2, 0.25) is 13.1 Å². The highest BCUT2D eigenvalue weighted by Crippen LogP contribution is 2.54. The summed E-state index contributed by atoms with van der Waals surface area (Å²) < 4.78 is 19.0. The maximum atomic E-state index is 12.1. The Hall–Kier alpha value is -0.176. The summed E-state index contributed by atoms with van der Waals surface area (Å²) in [7, 11) is -1.20. The normalized spacial score (nSPS) is 18.3. The fourth-order valence-electron chi connectivity index (χ4n) is 10.2. The first-order valence-electron chi connectivity index (χ1n) is 25.6. The molecule has 0 amide bonds. The molecule has 5 atom stereocenters. The van der Waals surface area contributed by atoms with Crippen LogP contribution in [0, 0.1) is 29.1 Å². The summed E-state index contributed by atoms with van der Waals surface area (Å²) in [4.78, 5) is 12.1. The molecule has 0 radical (unpaired) electrons. The van der Waals surface area contributed by atoms with Gasteiger partial charge in [0.1, 0.15) is 12.4 Å². The molecule has 4 nitrogen and oxygen atoms in total. The van der Waals surface area contributed by atoms with Gasteiger partial charge in [-0.05, 0) is 30.6 Å². The minimum atomic E-state index is -0.599. The number of esters is 1. The van der Waals surface area contributed by atoms with E-state index in [1.165, 1.54) is 212 Å². The van der Waals surface area contributed by atoms with E-state index in [4.69, 9.17) is 13.6 Å². The van der Waals surface area contributed by atoms with Gasteiger partial charge in [-0.25, -0.2) is 0 Å². The first-order chi connectivity index (χ1) is 27.2. The van der Waals surface area contributed by atoms with E-state index < -0.39 is 19.5 Å². The third kappa shape index (κ3) is 26.8. The van der Waals surface area contributed by atoms with Gasteiger partial charge in [0.25, 0.3) is 0 Å². The molecule has 1 aliphatic rings. The van der Waals surface area contributed by atoms with Gasteiger partial charge in [0.2, 0.25) is 0 Å². The first kappa shape index (κ1) is 53.8. The lowest BCUT2D eigenvalue weighted by Gasteiger charge is -2.47. The Balaban J connectivity index is 2.62. The van der Waals surface area contributed by atoms with Crippen LogP contribution < -0.4 is 0 Å². The largest absolute Gasteiger partial charge is 0.462 e. The van der Waals surface area contributed by atoms with Gasteiger partial charge >= 0.3 is 5.97 Å². The smallest absolute Gasteiger partial charge is 0.302 e. The molecule has 0 aromatic carbocycles. The van der Waals surface area contributed by atoms with Crippen LogP contribution in [0.1, 0.15) is 260 Å². The quantitative estimate of drug-likeness (QED) is 0.0266. The standard InChI is InChI=1S/C50H102O4Si2/c1-9-11-13-15-17-19-21-23-25-27-28-30-32-34-36-38-40-43(3)48(50(5,6)49(53-55-7)54-56-8)45(46-42-47(46)52-44(4)51)41-39-37-35-33-31-29-26-24-22-20-18-16-14-12-10-2/h43,45-49H,9-42,55-56H2,1-8H3/t43-,45?,46?,47+,48+/m0/s1. The number of rotatable bonds is 43. The monoisotopic (exact) mass is 823 g/mol. The highest BCUT2D eigenvalue weighted by atomic mass is 28.2. The Bertz CT molecular complexity index is 862. The summed E-state index contributed by atoms with van der Waals surface area (Å²) in [6.45, 7) is 18.2. The van der Waals surface area contributed by atoms with E-state index in [1.807, 2.05) is 0 Å². The van der Waals surface area contributed by atoms with Gasteiger partial charge in [-0.2, -0.15) is 0 Å². The Morgan fingerprint density at radius 2 is 0.875 bits per heavy atom. The van der Waals surface area contributed by atoms with Gasteiger partial charge in [0.05, 0.1) is 0 Å². The van der Waals surface area contributed by atoms with Crippen LogP contribution in [0.3, 0.4) is 0 Å². The third-order valence-corrected chi connectivity index (χ3v) is 14.7. The van der Waals surface area contributed by atoms with Gasteiger partial charge < -0.3 is 13.6 Å². The summed E-state index contributed by atoms with van der Waals surface area (Å²) in [6, 6.07) is 0. The van der Waals surface area contributed by atoms with Crippen molar-refractivity contribution >= 4 is 25.5 Å². The van der Waals surface area contributed by atoms with Crippen molar-refractivity contribution in [1.29, 1.82) is 0 Å². The molecule has 0 aromatic heterocycles. The fourth-order valence-corrected chi connectivity index (χ4v) is 12.1. The number of hydrogen-bond acceptors (Lipinski definition) is 4. The van der Waals surface area contributed by atoms with Gasteiger partial charge in [0.15, 0.2) is 19.5 Å². The Morgan fingerprint density at radius 3 is 1.20 bits per heavy atom. The predicted octanol–water partition coefficient (Wildman–Crippen LogP) is 15.4. The van der Waals surface area contributed by atoms with E-state index in [9.17, 15) is 4.79 Å². The summed E-state index contributed by atoms with van der Waals surface area (Å²) in [5.74, 6) is 2.03. The van der Waals surface area contributed by atoms with E-state index in [2.05, 4.69) is 47.7 Å². The van der Waals surface area contributed by atoms with Crippen molar-refractivity contribution in [2.45, 2.75) is 285 Å². The predicted molar refractivity (Wildman–Crippen MR) is 252 cm³/mol. The molecule has 6 heteroatoms. The van der Waals surface area contributed by atoms with Crippen LogP contribution in [-0.2, 0) is 18.4 Å². The van der Waals surface area contributed by atoms with Crippen LogP contribution in [0.4, 0.5) is 0 Å². The second-order valence-corrected chi connectivity index (χ2v) is 20.9. The molecule has 1 fully saturated rings. The van der Waals surface area contributed by atoms with Crippen molar-refractivity contribution in [2.75, 3.05) is 0 Å². The van der Waals surface area contributed by atoms with Gasteiger partial charge in [-0.1, -0.05) is 253 Å². The topological polar surface area (TPSA) is 44.8 Å². The zero-order valence-corrected chi connectivity index (χ0v) is 42.4. The number of hydrogen-bond donors (Lipinski definition) is 0. The summed E-state index contributed by atoms with van der Waals surface area (Å²) in [6.07, 6.45) is 47.3. The molecule has 0 aliphatic heterocycles. The van der Waals surface area contributed by atoms with Crippen molar-refractivity contribution in [2.24, 2.45) is 29.1 Å². The first-order valence-corrected chi connectivity index (χ1v) is 29.6. The SMILES string of the molecule is CCCCCCCCCCCCCCCCCC[C@H](C)[C@H](C(CCCCCCCCCCCCCCCCC)C1C[C@H]1OC(C)=O)C(C)(C)C(O[SiH2]C)O[SiH2]C. The van der Waals surface area contributed by atoms with E-state index in [0.717, 1.165) is 6.42 Å². The Kier molecular flexibility index (Phi) is 35.2. The van der Waals surface area contributed by atoms with Crippen molar-refractivity contribution < 1.29 is 18.4 Å². The molecule has 56 heavy (non-hydrogen) atoms. The number of carbonyl (C=O) groups excluding carboxylic acids is 1. The number of carbonyl (C=O) groups is 1. The molecular formula is C50H102O4Si2. The molecule has 0 aromatic rings. The third-order valence-electron chi connectivity index (χ3n) is 13.5. The van der Waals surface area contributed by atoms with Crippen molar-refractivity contribution in [1.82, 2.24) is 0 Å². The number of unbranched alkanes of at least 4 members (excludes halogenated alkanes) is 29. The minimum absolute atomic E-state index is 0.0655.